The zero-order valence-electron chi connectivity index (χ0n) is 8.42. The molecule has 3 N–H and O–H groups in total. The van der Waals surface area contributed by atoms with Crippen molar-refractivity contribution in [2.75, 3.05) is 11.1 Å². The number of benzene rings is 1. The normalized spacial score (nSPS) is 9.75. The Hall–Kier alpha value is -2.43. The van der Waals surface area contributed by atoms with Gasteiger partial charge in [0.25, 0.3) is 5.91 Å². The molecule has 1 aromatic carbocycles. The maximum Gasteiger partial charge on any atom is 0.275 e. The monoisotopic (exact) mass is 214 g/mol. The lowest BCUT2D eigenvalue weighted by Gasteiger charge is -2.03. The summed E-state index contributed by atoms with van der Waals surface area (Å²) < 4.78 is 0. The number of rotatable bonds is 2. The molecular formula is C11H10N4O. The summed E-state index contributed by atoms with van der Waals surface area (Å²) in [4.78, 5) is 19.4. The highest BCUT2D eigenvalue weighted by molar-refractivity contribution is 6.02. The Morgan fingerprint density at radius 2 is 1.94 bits per heavy atom. The van der Waals surface area contributed by atoms with Crippen molar-refractivity contribution in [3.8, 4) is 0 Å². The first kappa shape index (κ1) is 10.1. The Kier molecular flexibility index (Phi) is 2.77. The van der Waals surface area contributed by atoms with Gasteiger partial charge in [-0.3, -0.25) is 9.78 Å². The molecular weight excluding hydrogens is 204 g/mol. The van der Waals surface area contributed by atoms with Crippen LogP contribution in [-0.4, -0.2) is 15.9 Å². The largest absolute Gasteiger partial charge is 0.382 e. The number of carbonyl (C=O) groups excluding carboxylic acids is 1. The van der Waals surface area contributed by atoms with E-state index >= 15 is 0 Å². The van der Waals surface area contributed by atoms with E-state index in [9.17, 15) is 4.79 Å². The first-order valence-electron chi connectivity index (χ1n) is 4.69. The van der Waals surface area contributed by atoms with E-state index in [0.29, 0.717) is 5.69 Å². The molecule has 5 nitrogen and oxygen atoms in total. The molecule has 80 valence electrons. The van der Waals surface area contributed by atoms with Crippen LogP contribution in [0.3, 0.4) is 0 Å². The maximum atomic E-state index is 11.7. The standard InChI is InChI=1S/C11H10N4O/c12-10-7-13-6-9(15-10)11(16)14-8-4-2-1-3-5-8/h1-7H,(H2,12,15)(H,14,16). The number of nitrogens with zero attached hydrogens (tertiary/aromatic N) is 2. The van der Waals surface area contributed by atoms with Gasteiger partial charge in [-0.25, -0.2) is 4.98 Å². The molecule has 0 atom stereocenters. The van der Waals surface area contributed by atoms with E-state index in [1.54, 1.807) is 12.1 Å². The molecule has 0 radical (unpaired) electrons. The van der Waals surface area contributed by atoms with Crippen LogP contribution in [-0.2, 0) is 0 Å². The number of para-hydroxylation sites is 1. The minimum absolute atomic E-state index is 0.198. The summed E-state index contributed by atoms with van der Waals surface area (Å²) in [6.45, 7) is 0. The number of hydrogen-bond donors (Lipinski definition) is 2. The number of aromatic nitrogens is 2. The molecule has 2 rings (SSSR count). The Labute approximate surface area is 92.3 Å². The first-order chi connectivity index (χ1) is 7.75. The SMILES string of the molecule is Nc1cncc(C(=O)Nc2ccccc2)n1. The highest BCUT2D eigenvalue weighted by Crippen LogP contribution is 2.07. The summed E-state index contributed by atoms with van der Waals surface area (Å²) in [6, 6.07) is 9.12. The van der Waals surface area contributed by atoms with Crippen LogP contribution in [0.1, 0.15) is 10.5 Å². The van der Waals surface area contributed by atoms with E-state index in [-0.39, 0.29) is 17.4 Å². The Morgan fingerprint density at radius 3 is 2.62 bits per heavy atom. The summed E-state index contributed by atoms with van der Waals surface area (Å²) in [5.74, 6) is -0.105. The average Bonchev–Trinajstić information content (AvgIpc) is 2.30. The van der Waals surface area contributed by atoms with Gasteiger partial charge >= 0.3 is 0 Å². The first-order valence-corrected chi connectivity index (χ1v) is 4.69. The molecule has 0 aliphatic carbocycles. The third-order valence-electron chi connectivity index (χ3n) is 1.92. The number of nitrogens with one attached hydrogen (secondary N) is 1. The molecule has 0 saturated heterocycles. The minimum Gasteiger partial charge on any atom is -0.382 e. The van der Waals surface area contributed by atoms with Gasteiger partial charge < -0.3 is 11.1 Å². The molecule has 5 heteroatoms. The zero-order chi connectivity index (χ0) is 11.4. The van der Waals surface area contributed by atoms with Gasteiger partial charge in [0.15, 0.2) is 0 Å². The molecule has 1 heterocycles. The van der Waals surface area contributed by atoms with Crippen molar-refractivity contribution in [1.29, 1.82) is 0 Å². The van der Waals surface area contributed by atoms with Gasteiger partial charge in [0.2, 0.25) is 0 Å². The van der Waals surface area contributed by atoms with Crippen molar-refractivity contribution in [3.63, 3.8) is 0 Å². The predicted molar refractivity (Wildman–Crippen MR) is 60.8 cm³/mol. The van der Waals surface area contributed by atoms with Crippen LogP contribution in [0.2, 0.25) is 0 Å². The molecule has 0 saturated carbocycles. The minimum atomic E-state index is -0.328. The molecule has 0 fully saturated rings. The van der Waals surface area contributed by atoms with E-state index in [1.807, 2.05) is 18.2 Å². The molecule has 0 aliphatic rings. The van der Waals surface area contributed by atoms with Crippen molar-refractivity contribution in [2.24, 2.45) is 0 Å². The van der Waals surface area contributed by atoms with Crippen LogP contribution >= 0.6 is 0 Å². The lowest BCUT2D eigenvalue weighted by atomic mass is 10.3. The number of carbonyl (C=O) groups is 1. The molecule has 0 bridgehead atoms. The maximum absolute atomic E-state index is 11.7. The smallest absolute Gasteiger partial charge is 0.275 e. The van der Waals surface area contributed by atoms with E-state index in [0.717, 1.165) is 0 Å². The fourth-order valence-electron chi connectivity index (χ4n) is 1.21. The molecule has 16 heavy (non-hydrogen) atoms. The van der Waals surface area contributed by atoms with Gasteiger partial charge in [-0.1, -0.05) is 18.2 Å². The van der Waals surface area contributed by atoms with Crippen molar-refractivity contribution >= 4 is 17.4 Å². The average molecular weight is 214 g/mol. The van der Waals surface area contributed by atoms with E-state index in [1.165, 1.54) is 12.4 Å². The van der Waals surface area contributed by atoms with Crippen molar-refractivity contribution in [3.05, 3.63) is 48.4 Å². The van der Waals surface area contributed by atoms with Gasteiger partial charge in [-0.2, -0.15) is 0 Å². The number of nitrogens with two attached hydrogens (primary N) is 1. The van der Waals surface area contributed by atoms with Gasteiger partial charge in [0.1, 0.15) is 11.5 Å². The van der Waals surface area contributed by atoms with Gasteiger partial charge in [0, 0.05) is 5.69 Å². The van der Waals surface area contributed by atoms with Crippen molar-refractivity contribution in [2.45, 2.75) is 0 Å². The second kappa shape index (κ2) is 4.39. The third-order valence-corrected chi connectivity index (χ3v) is 1.92. The van der Waals surface area contributed by atoms with Gasteiger partial charge in [-0.15, -0.1) is 0 Å². The highest BCUT2D eigenvalue weighted by Gasteiger charge is 2.07. The summed E-state index contributed by atoms with van der Waals surface area (Å²) >= 11 is 0. The highest BCUT2D eigenvalue weighted by atomic mass is 16.1. The van der Waals surface area contributed by atoms with Crippen LogP contribution < -0.4 is 11.1 Å². The topological polar surface area (TPSA) is 80.9 Å². The number of amides is 1. The van der Waals surface area contributed by atoms with Gasteiger partial charge in [-0.05, 0) is 12.1 Å². The van der Waals surface area contributed by atoms with Crippen LogP contribution in [0.15, 0.2) is 42.7 Å². The predicted octanol–water partition coefficient (Wildman–Crippen LogP) is 1.31. The quantitative estimate of drug-likeness (QED) is 0.789. The fraction of sp³-hybridized carbons (Fsp3) is 0. The summed E-state index contributed by atoms with van der Waals surface area (Å²) in [5, 5.41) is 2.69. The molecule has 2 aromatic rings. The summed E-state index contributed by atoms with van der Waals surface area (Å²) in [5.41, 5.74) is 6.34. The van der Waals surface area contributed by atoms with Crippen LogP contribution in [0.25, 0.3) is 0 Å². The van der Waals surface area contributed by atoms with Crippen molar-refractivity contribution in [1.82, 2.24) is 9.97 Å². The third kappa shape index (κ3) is 2.33. The lowest BCUT2D eigenvalue weighted by molar-refractivity contribution is 0.102. The molecule has 0 unspecified atom stereocenters. The second-order valence-electron chi connectivity index (χ2n) is 3.15. The Morgan fingerprint density at radius 1 is 1.19 bits per heavy atom. The van der Waals surface area contributed by atoms with E-state index in [2.05, 4.69) is 15.3 Å². The van der Waals surface area contributed by atoms with Crippen LogP contribution in [0.4, 0.5) is 11.5 Å². The molecule has 0 spiro atoms. The number of nitrogen functional groups attached to an aromatic ring is 1. The van der Waals surface area contributed by atoms with E-state index < -0.39 is 0 Å². The fourth-order valence-corrected chi connectivity index (χ4v) is 1.21. The van der Waals surface area contributed by atoms with Crippen molar-refractivity contribution < 1.29 is 4.79 Å². The number of hydrogen-bond acceptors (Lipinski definition) is 4. The lowest BCUT2D eigenvalue weighted by Crippen LogP contribution is -2.14. The van der Waals surface area contributed by atoms with Crippen LogP contribution in [0, 0.1) is 0 Å². The van der Waals surface area contributed by atoms with Gasteiger partial charge in [0.05, 0.1) is 12.4 Å². The summed E-state index contributed by atoms with van der Waals surface area (Å²) in [7, 11) is 0. The van der Waals surface area contributed by atoms with Crippen LogP contribution in [0.5, 0.6) is 0 Å². The second-order valence-corrected chi connectivity index (χ2v) is 3.15. The zero-order valence-corrected chi connectivity index (χ0v) is 8.42. The number of anilines is 2. The van der Waals surface area contributed by atoms with E-state index in [4.69, 9.17) is 5.73 Å². The summed E-state index contributed by atoms with van der Waals surface area (Å²) in [6.07, 6.45) is 2.76. The molecule has 1 aromatic heterocycles. The molecule has 1 amide bonds. The molecule has 0 aliphatic heterocycles. The Bertz CT molecular complexity index is 498. The Balaban J connectivity index is 2.15.